The molecule has 0 bridgehead atoms. The van der Waals surface area contributed by atoms with Gasteiger partial charge in [-0.3, -0.25) is 0 Å². The van der Waals surface area contributed by atoms with Crippen molar-refractivity contribution in [2.75, 3.05) is 16.8 Å². The number of aromatic nitrogens is 2. The van der Waals surface area contributed by atoms with E-state index in [1.54, 1.807) is 0 Å². The quantitative estimate of drug-likeness (QED) is 0.711. The monoisotopic (exact) mass is 358 g/mol. The van der Waals surface area contributed by atoms with Gasteiger partial charge in [0.15, 0.2) is 0 Å². The van der Waals surface area contributed by atoms with Crippen molar-refractivity contribution >= 4 is 17.5 Å². The zero-order valence-electron chi connectivity index (χ0n) is 16.5. The van der Waals surface area contributed by atoms with Crippen molar-refractivity contribution in [2.24, 2.45) is 0 Å². The predicted molar refractivity (Wildman–Crippen MR) is 112 cm³/mol. The molecule has 1 aliphatic rings. The van der Waals surface area contributed by atoms with E-state index in [0.717, 1.165) is 36.7 Å². The zero-order valence-corrected chi connectivity index (χ0v) is 16.5. The first-order chi connectivity index (χ1) is 13.0. The first kappa shape index (κ1) is 17.5. The van der Waals surface area contributed by atoms with Crippen LogP contribution >= 0.6 is 0 Å². The Labute approximate surface area is 161 Å². The first-order valence-corrected chi connectivity index (χ1v) is 9.52. The van der Waals surface area contributed by atoms with E-state index in [2.05, 4.69) is 80.4 Å². The van der Waals surface area contributed by atoms with Crippen LogP contribution < -0.4 is 10.2 Å². The van der Waals surface area contributed by atoms with Crippen molar-refractivity contribution in [3.63, 3.8) is 0 Å². The lowest BCUT2D eigenvalue weighted by Crippen LogP contribution is -2.21. The third kappa shape index (κ3) is 3.52. The summed E-state index contributed by atoms with van der Waals surface area (Å²) < 4.78 is 0. The summed E-state index contributed by atoms with van der Waals surface area (Å²) in [6, 6.07) is 15.0. The highest BCUT2D eigenvalue weighted by Crippen LogP contribution is 2.32. The highest BCUT2D eigenvalue weighted by Gasteiger charge is 2.24. The molecule has 0 amide bonds. The van der Waals surface area contributed by atoms with Crippen LogP contribution in [0.15, 0.2) is 42.5 Å². The second-order valence-corrected chi connectivity index (χ2v) is 7.49. The average molecular weight is 358 g/mol. The van der Waals surface area contributed by atoms with Crippen molar-refractivity contribution < 1.29 is 0 Å². The number of nitrogens with zero attached hydrogens (tertiary/aromatic N) is 3. The second kappa shape index (κ2) is 7.03. The minimum absolute atomic E-state index is 0.682. The molecule has 4 heteroatoms. The molecule has 1 N–H and O–H groups in total. The van der Waals surface area contributed by atoms with Crippen LogP contribution in [0.1, 0.15) is 33.5 Å². The Hall–Kier alpha value is -2.88. The molecular formula is C23H26N4. The molecule has 4 rings (SSSR count). The summed E-state index contributed by atoms with van der Waals surface area (Å²) in [5.41, 5.74) is 8.46. The van der Waals surface area contributed by atoms with E-state index in [-0.39, 0.29) is 0 Å². The van der Waals surface area contributed by atoms with Gasteiger partial charge in [0.2, 0.25) is 5.95 Å². The first-order valence-electron chi connectivity index (χ1n) is 9.52. The molecular weight excluding hydrogens is 332 g/mol. The summed E-state index contributed by atoms with van der Waals surface area (Å²) in [5, 5.41) is 3.47. The summed E-state index contributed by atoms with van der Waals surface area (Å²) in [4.78, 5) is 12.0. The molecule has 3 aromatic rings. The van der Waals surface area contributed by atoms with E-state index in [0.29, 0.717) is 5.95 Å². The fourth-order valence-electron chi connectivity index (χ4n) is 3.99. The van der Waals surface area contributed by atoms with Crippen LogP contribution in [-0.2, 0) is 13.0 Å². The Morgan fingerprint density at radius 3 is 2.37 bits per heavy atom. The van der Waals surface area contributed by atoms with Crippen molar-refractivity contribution in [1.29, 1.82) is 0 Å². The summed E-state index contributed by atoms with van der Waals surface area (Å²) in [7, 11) is 0. The topological polar surface area (TPSA) is 41.1 Å². The lowest BCUT2D eigenvalue weighted by atomic mass is 10.1. The number of fused-ring (bicyclic) bond motifs is 1. The van der Waals surface area contributed by atoms with Gasteiger partial charge in [-0.2, -0.15) is 4.98 Å². The molecule has 0 radical (unpaired) electrons. The van der Waals surface area contributed by atoms with Gasteiger partial charge in [0, 0.05) is 30.0 Å². The van der Waals surface area contributed by atoms with Crippen molar-refractivity contribution in [1.82, 2.24) is 9.97 Å². The molecule has 0 aliphatic carbocycles. The van der Waals surface area contributed by atoms with E-state index >= 15 is 0 Å². The van der Waals surface area contributed by atoms with Crippen molar-refractivity contribution in [3.05, 3.63) is 76.0 Å². The van der Waals surface area contributed by atoms with E-state index in [4.69, 9.17) is 9.97 Å². The van der Waals surface area contributed by atoms with Crippen LogP contribution in [0.25, 0.3) is 0 Å². The lowest BCUT2D eigenvalue weighted by molar-refractivity contribution is 0.825. The Balaban J connectivity index is 1.65. The molecule has 138 valence electrons. The lowest BCUT2D eigenvalue weighted by Gasteiger charge is -2.20. The van der Waals surface area contributed by atoms with Crippen molar-refractivity contribution in [3.8, 4) is 0 Å². The number of benzene rings is 2. The van der Waals surface area contributed by atoms with Gasteiger partial charge >= 0.3 is 0 Å². The Morgan fingerprint density at radius 1 is 0.963 bits per heavy atom. The third-order valence-electron chi connectivity index (χ3n) is 5.25. The largest absolute Gasteiger partial charge is 0.352 e. The molecule has 1 aromatic heterocycles. The maximum atomic E-state index is 4.90. The normalized spacial score (nSPS) is 13.0. The third-order valence-corrected chi connectivity index (χ3v) is 5.25. The van der Waals surface area contributed by atoms with Gasteiger partial charge in [0.25, 0.3) is 0 Å². The zero-order chi connectivity index (χ0) is 19.0. The minimum Gasteiger partial charge on any atom is -0.352 e. The Kier molecular flexibility index (Phi) is 4.56. The van der Waals surface area contributed by atoms with E-state index in [1.807, 2.05) is 0 Å². The smallest absolute Gasteiger partial charge is 0.229 e. The molecule has 27 heavy (non-hydrogen) atoms. The summed E-state index contributed by atoms with van der Waals surface area (Å²) in [6.07, 6.45) is 1.01. The number of nitrogens with one attached hydrogen (secondary N) is 1. The van der Waals surface area contributed by atoms with Crippen LogP contribution in [0.5, 0.6) is 0 Å². The summed E-state index contributed by atoms with van der Waals surface area (Å²) >= 11 is 0. The fourth-order valence-corrected chi connectivity index (χ4v) is 3.99. The Bertz CT molecular complexity index is 956. The van der Waals surface area contributed by atoms with Crippen LogP contribution in [-0.4, -0.2) is 16.5 Å². The van der Waals surface area contributed by atoms with Crippen LogP contribution in [0.3, 0.4) is 0 Å². The SMILES string of the molecule is Cc1cc(C)c(Nc2nc(C)c3c(n2)N(Cc2ccccc2)CC3)c(C)c1. The van der Waals surface area contributed by atoms with Gasteiger partial charge in [0.05, 0.1) is 0 Å². The van der Waals surface area contributed by atoms with Gasteiger partial charge in [-0.15, -0.1) is 0 Å². The van der Waals surface area contributed by atoms with Gasteiger partial charge in [-0.05, 0) is 50.8 Å². The van der Waals surface area contributed by atoms with Gasteiger partial charge < -0.3 is 10.2 Å². The molecule has 0 unspecified atom stereocenters. The summed E-state index contributed by atoms with van der Waals surface area (Å²) in [5.74, 6) is 1.75. The molecule has 4 nitrogen and oxygen atoms in total. The van der Waals surface area contributed by atoms with E-state index in [1.165, 1.54) is 27.8 Å². The number of hydrogen-bond acceptors (Lipinski definition) is 4. The average Bonchev–Trinajstić information content (AvgIpc) is 3.02. The van der Waals surface area contributed by atoms with Crippen LogP contribution in [0.2, 0.25) is 0 Å². The molecule has 1 aliphatic heterocycles. The van der Waals surface area contributed by atoms with E-state index in [9.17, 15) is 0 Å². The van der Waals surface area contributed by atoms with Crippen LogP contribution in [0.4, 0.5) is 17.5 Å². The molecule has 0 atom stereocenters. The molecule has 2 aromatic carbocycles. The standard InChI is InChI=1S/C23H26N4/c1-15-12-16(2)21(17(3)13-15)25-23-24-18(4)20-10-11-27(22(20)26-23)14-19-8-6-5-7-9-19/h5-9,12-13H,10-11,14H2,1-4H3,(H,24,25,26). The van der Waals surface area contributed by atoms with Gasteiger partial charge in [-0.25, -0.2) is 4.98 Å². The Morgan fingerprint density at radius 2 is 1.67 bits per heavy atom. The molecule has 2 heterocycles. The predicted octanol–water partition coefficient (Wildman–Crippen LogP) is 5.02. The minimum atomic E-state index is 0.682. The molecule has 0 spiro atoms. The molecule has 0 saturated carbocycles. The van der Waals surface area contributed by atoms with Crippen molar-refractivity contribution in [2.45, 2.75) is 40.7 Å². The summed E-state index contributed by atoms with van der Waals surface area (Å²) in [6.45, 7) is 10.3. The van der Waals surface area contributed by atoms with Gasteiger partial charge in [0.1, 0.15) is 5.82 Å². The van der Waals surface area contributed by atoms with E-state index < -0.39 is 0 Å². The number of hydrogen-bond donors (Lipinski definition) is 1. The molecule has 0 saturated heterocycles. The highest BCUT2D eigenvalue weighted by atomic mass is 15.2. The van der Waals surface area contributed by atoms with Gasteiger partial charge in [-0.1, -0.05) is 48.0 Å². The number of aryl methyl sites for hydroxylation is 4. The maximum absolute atomic E-state index is 4.90. The second-order valence-electron chi connectivity index (χ2n) is 7.49. The molecule has 0 fully saturated rings. The maximum Gasteiger partial charge on any atom is 0.229 e. The van der Waals surface area contributed by atoms with Crippen LogP contribution in [0, 0.1) is 27.7 Å². The highest BCUT2D eigenvalue weighted by molar-refractivity contribution is 5.66. The number of anilines is 3. The number of rotatable bonds is 4. The fraction of sp³-hybridized carbons (Fsp3) is 0.304.